The molecule has 22 heavy (non-hydrogen) atoms. The molecule has 3 aliphatic carbocycles. The van der Waals surface area contributed by atoms with Crippen LogP contribution >= 0.6 is 0 Å². The van der Waals surface area contributed by atoms with Crippen molar-refractivity contribution in [2.45, 2.75) is 57.5 Å². The van der Waals surface area contributed by atoms with Gasteiger partial charge in [-0.05, 0) is 68.9 Å². The maximum absolute atomic E-state index is 12.5. The van der Waals surface area contributed by atoms with Gasteiger partial charge in [-0.25, -0.2) is 4.98 Å². The molecule has 1 aromatic rings. The van der Waals surface area contributed by atoms with Gasteiger partial charge in [0.05, 0.1) is 0 Å². The number of rotatable bonds is 5. The Morgan fingerprint density at radius 3 is 2.77 bits per heavy atom. The van der Waals surface area contributed by atoms with E-state index in [1.165, 1.54) is 38.5 Å². The van der Waals surface area contributed by atoms with Gasteiger partial charge in [-0.3, -0.25) is 4.79 Å². The van der Waals surface area contributed by atoms with E-state index in [0.29, 0.717) is 17.7 Å². The number of hydrogen-bond acceptors (Lipinski definition) is 3. The first kappa shape index (κ1) is 14.0. The van der Waals surface area contributed by atoms with E-state index < -0.39 is 0 Å². The number of nitrogens with one attached hydrogen (secondary N) is 2. The minimum atomic E-state index is -0.0327. The van der Waals surface area contributed by atoms with E-state index in [2.05, 4.69) is 22.5 Å². The van der Waals surface area contributed by atoms with Crippen LogP contribution in [-0.2, 0) is 0 Å². The Morgan fingerprint density at radius 2 is 2.09 bits per heavy atom. The summed E-state index contributed by atoms with van der Waals surface area (Å²) in [5.41, 5.74) is 0.528. The highest BCUT2D eigenvalue weighted by molar-refractivity contribution is 5.92. The standard InChI is InChI=1S/C18H25N3O/c1-11(15-10-12-5-6-13(15)9-12)19-18(22)16-3-2-4-17(21-16)20-14-7-8-14/h2-4,11-15H,5-10H2,1H3,(H,19,22)(H,20,21). The molecule has 0 saturated heterocycles. The van der Waals surface area contributed by atoms with E-state index in [0.717, 1.165) is 17.7 Å². The zero-order valence-electron chi connectivity index (χ0n) is 13.2. The topological polar surface area (TPSA) is 54.0 Å². The van der Waals surface area contributed by atoms with Crippen molar-refractivity contribution < 1.29 is 4.79 Å². The van der Waals surface area contributed by atoms with Gasteiger partial charge in [0, 0.05) is 12.1 Å². The van der Waals surface area contributed by atoms with Gasteiger partial charge in [-0.2, -0.15) is 0 Å². The summed E-state index contributed by atoms with van der Waals surface area (Å²) in [4.78, 5) is 16.9. The molecule has 0 radical (unpaired) electrons. The van der Waals surface area contributed by atoms with Gasteiger partial charge in [-0.15, -0.1) is 0 Å². The molecular weight excluding hydrogens is 274 g/mol. The van der Waals surface area contributed by atoms with Crippen molar-refractivity contribution >= 4 is 11.7 Å². The van der Waals surface area contributed by atoms with Gasteiger partial charge in [-0.1, -0.05) is 12.5 Å². The second-order valence-electron chi connectivity index (χ2n) is 7.43. The predicted octanol–water partition coefficient (Wildman–Crippen LogP) is 3.21. The smallest absolute Gasteiger partial charge is 0.270 e. The van der Waals surface area contributed by atoms with Crippen molar-refractivity contribution in [2.24, 2.45) is 17.8 Å². The largest absolute Gasteiger partial charge is 0.367 e. The number of fused-ring (bicyclic) bond motifs is 2. The molecule has 3 saturated carbocycles. The van der Waals surface area contributed by atoms with Crippen LogP contribution in [0.25, 0.3) is 0 Å². The quantitative estimate of drug-likeness (QED) is 0.878. The Bertz CT molecular complexity index is 569. The number of amides is 1. The van der Waals surface area contributed by atoms with Crippen molar-refractivity contribution in [3.05, 3.63) is 23.9 Å². The van der Waals surface area contributed by atoms with Crippen LogP contribution in [0.4, 0.5) is 5.82 Å². The fraction of sp³-hybridized carbons (Fsp3) is 0.667. The van der Waals surface area contributed by atoms with Crippen LogP contribution in [0.15, 0.2) is 18.2 Å². The molecular formula is C18H25N3O. The molecule has 4 unspecified atom stereocenters. The Balaban J connectivity index is 1.38. The molecule has 4 heteroatoms. The van der Waals surface area contributed by atoms with Crippen molar-refractivity contribution in [3.63, 3.8) is 0 Å². The summed E-state index contributed by atoms with van der Waals surface area (Å²) in [5, 5.41) is 6.54. The van der Waals surface area contributed by atoms with E-state index in [9.17, 15) is 4.79 Å². The maximum atomic E-state index is 12.5. The molecule has 0 aromatic carbocycles. The van der Waals surface area contributed by atoms with E-state index in [1.807, 2.05) is 12.1 Å². The average Bonchev–Trinajstić information content (AvgIpc) is 3.08. The zero-order valence-corrected chi connectivity index (χ0v) is 13.2. The number of pyridine rings is 1. The normalized spacial score (nSPS) is 31.0. The van der Waals surface area contributed by atoms with Gasteiger partial charge < -0.3 is 10.6 Å². The van der Waals surface area contributed by atoms with Crippen molar-refractivity contribution in [1.29, 1.82) is 0 Å². The van der Waals surface area contributed by atoms with Crippen molar-refractivity contribution in [3.8, 4) is 0 Å². The van der Waals surface area contributed by atoms with Gasteiger partial charge >= 0.3 is 0 Å². The van der Waals surface area contributed by atoms with Gasteiger partial charge in [0.25, 0.3) is 5.91 Å². The molecule has 1 amide bonds. The fourth-order valence-electron chi connectivity index (χ4n) is 4.37. The van der Waals surface area contributed by atoms with Crippen LogP contribution in [-0.4, -0.2) is 23.0 Å². The van der Waals surface area contributed by atoms with Crippen molar-refractivity contribution in [1.82, 2.24) is 10.3 Å². The summed E-state index contributed by atoms with van der Waals surface area (Å²) in [6.07, 6.45) is 7.85. The molecule has 3 fully saturated rings. The van der Waals surface area contributed by atoms with Gasteiger partial charge in [0.2, 0.25) is 0 Å². The molecule has 2 N–H and O–H groups in total. The molecule has 1 aromatic heterocycles. The number of carbonyl (C=O) groups excluding carboxylic acids is 1. The van der Waals surface area contributed by atoms with Gasteiger partial charge in [0.1, 0.15) is 11.5 Å². The van der Waals surface area contributed by atoms with Crippen LogP contribution in [0.5, 0.6) is 0 Å². The molecule has 0 aliphatic heterocycles. The maximum Gasteiger partial charge on any atom is 0.270 e. The van der Waals surface area contributed by atoms with Crippen LogP contribution in [0.2, 0.25) is 0 Å². The third-order valence-corrected chi connectivity index (χ3v) is 5.70. The molecule has 3 aliphatic rings. The van der Waals surface area contributed by atoms with E-state index in [4.69, 9.17) is 0 Å². The third-order valence-electron chi connectivity index (χ3n) is 5.70. The fourth-order valence-corrected chi connectivity index (χ4v) is 4.37. The molecule has 118 valence electrons. The number of anilines is 1. The first-order valence-electron chi connectivity index (χ1n) is 8.73. The SMILES string of the molecule is CC(NC(=O)c1cccc(NC2CC2)n1)C1CC2CCC1C2. The molecule has 1 heterocycles. The lowest BCUT2D eigenvalue weighted by Crippen LogP contribution is -2.40. The lowest BCUT2D eigenvalue weighted by molar-refractivity contribution is 0.0910. The van der Waals surface area contributed by atoms with Crippen LogP contribution in [0.1, 0.15) is 55.9 Å². The second kappa shape index (κ2) is 5.56. The number of carbonyl (C=O) groups is 1. The summed E-state index contributed by atoms with van der Waals surface area (Å²) in [5.74, 6) is 3.20. The monoisotopic (exact) mass is 299 g/mol. The average molecular weight is 299 g/mol. The van der Waals surface area contributed by atoms with E-state index in [1.54, 1.807) is 6.07 Å². The Labute approximate surface area is 132 Å². The summed E-state index contributed by atoms with van der Waals surface area (Å²) in [6, 6.07) is 6.47. The summed E-state index contributed by atoms with van der Waals surface area (Å²) in [6.45, 7) is 2.16. The molecule has 4 rings (SSSR count). The van der Waals surface area contributed by atoms with Gasteiger partial charge in [0.15, 0.2) is 0 Å². The van der Waals surface area contributed by atoms with E-state index >= 15 is 0 Å². The summed E-state index contributed by atoms with van der Waals surface area (Å²) in [7, 11) is 0. The highest BCUT2D eigenvalue weighted by Gasteiger charge is 2.42. The Morgan fingerprint density at radius 1 is 1.23 bits per heavy atom. The second-order valence-corrected chi connectivity index (χ2v) is 7.43. The summed E-state index contributed by atoms with van der Waals surface area (Å²) < 4.78 is 0. The molecule has 4 nitrogen and oxygen atoms in total. The summed E-state index contributed by atoms with van der Waals surface area (Å²) >= 11 is 0. The highest BCUT2D eigenvalue weighted by Crippen LogP contribution is 2.49. The lowest BCUT2D eigenvalue weighted by atomic mass is 9.84. The lowest BCUT2D eigenvalue weighted by Gasteiger charge is -2.28. The number of nitrogens with zero attached hydrogens (tertiary/aromatic N) is 1. The molecule has 0 spiro atoms. The zero-order chi connectivity index (χ0) is 15.1. The van der Waals surface area contributed by atoms with Crippen molar-refractivity contribution in [2.75, 3.05) is 5.32 Å². The van der Waals surface area contributed by atoms with Crippen LogP contribution < -0.4 is 10.6 Å². The molecule has 2 bridgehead atoms. The minimum Gasteiger partial charge on any atom is -0.367 e. The third kappa shape index (κ3) is 2.83. The Kier molecular flexibility index (Phi) is 3.55. The number of aromatic nitrogens is 1. The molecule has 4 atom stereocenters. The van der Waals surface area contributed by atoms with Crippen LogP contribution in [0, 0.1) is 17.8 Å². The first-order valence-corrected chi connectivity index (χ1v) is 8.73. The minimum absolute atomic E-state index is 0.0327. The van der Waals surface area contributed by atoms with Crippen LogP contribution in [0.3, 0.4) is 0 Å². The Hall–Kier alpha value is -1.58. The predicted molar refractivity (Wildman–Crippen MR) is 86.7 cm³/mol. The number of hydrogen-bond donors (Lipinski definition) is 2. The van der Waals surface area contributed by atoms with E-state index in [-0.39, 0.29) is 11.9 Å². The first-order chi connectivity index (χ1) is 10.7. The highest BCUT2D eigenvalue weighted by atomic mass is 16.1.